The second kappa shape index (κ2) is 8.14. The van der Waals surface area contributed by atoms with E-state index in [1.165, 1.54) is 19.8 Å². The summed E-state index contributed by atoms with van der Waals surface area (Å²) in [4.78, 5) is 17.2. The van der Waals surface area contributed by atoms with E-state index in [9.17, 15) is 4.79 Å². The number of fused-ring (bicyclic) bond motifs is 1. The molecule has 1 aliphatic carbocycles. The predicted molar refractivity (Wildman–Crippen MR) is 108 cm³/mol. The van der Waals surface area contributed by atoms with Crippen LogP contribution in [0.15, 0.2) is 18.2 Å². The molecular formula is C21H26N4O4. The molecule has 2 heterocycles. The van der Waals surface area contributed by atoms with E-state index in [-0.39, 0.29) is 5.91 Å². The van der Waals surface area contributed by atoms with E-state index in [0.29, 0.717) is 35.9 Å². The first-order chi connectivity index (χ1) is 14.2. The van der Waals surface area contributed by atoms with Crippen molar-refractivity contribution < 1.29 is 19.0 Å². The van der Waals surface area contributed by atoms with Gasteiger partial charge in [0.2, 0.25) is 5.75 Å². The maximum Gasteiger partial charge on any atom is 0.257 e. The number of ether oxygens (including phenoxy) is 3. The molecule has 0 N–H and O–H groups in total. The minimum Gasteiger partial charge on any atom is -0.493 e. The van der Waals surface area contributed by atoms with E-state index in [4.69, 9.17) is 14.2 Å². The van der Waals surface area contributed by atoms with Crippen LogP contribution in [0.5, 0.6) is 17.2 Å². The van der Waals surface area contributed by atoms with Gasteiger partial charge in [-0.1, -0.05) is 0 Å². The van der Waals surface area contributed by atoms with Gasteiger partial charge in [-0.2, -0.15) is 5.10 Å². The average molecular weight is 398 g/mol. The zero-order valence-electron chi connectivity index (χ0n) is 17.1. The highest BCUT2D eigenvalue weighted by Crippen LogP contribution is 2.40. The van der Waals surface area contributed by atoms with Crippen molar-refractivity contribution in [2.45, 2.75) is 19.3 Å². The van der Waals surface area contributed by atoms with Crippen molar-refractivity contribution in [1.82, 2.24) is 15.1 Å². The Hall–Kier alpha value is -3.03. The lowest BCUT2D eigenvalue weighted by molar-refractivity contribution is 0.0742. The molecule has 8 heteroatoms. The molecule has 1 fully saturated rings. The summed E-state index contributed by atoms with van der Waals surface area (Å²) in [5.41, 5.74) is 2.91. The van der Waals surface area contributed by atoms with Crippen LogP contribution >= 0.6 is 0 Å². The largest absolute Gasteiger partial charge is 0.493 e. The molecule has 4 rings (SSSR count). The number of hydrogen-bond donors (Lipinski definition) is 0. The van der Waals surface area contributed by atoms with Crippen molar-refractivity contribution in [2.24, 2.45) is 0 Å². The fourth-order valence-corrected chi connectivity index (χ4v) is 4.05. The lowest BCUT2D eigenvalue weighted by Gasteiger charge is -2.35. The first kappa shape index (κ1) is 19.3. The van der Waals surface area contributed by atoms with Crippen molar-refractivity contribution in [2.75, 3.05) is 52.4 Å². The Morgan fingerprint density at radius 1 is 0.931 bits per heavy atom. The number of amides is 1. The minimum absolute atomic E-state index is 0.0810. The number of hydrogen-bond acceptors (Lipinski definition) is 7. The fourth-order valence-electron chi connectivity index (χ4n) is 4.05. The summed E-state index contributed by atoms with van der Waals surface area (Å²) in [6.45, 7) is 2.65. The SMILES string of the molecule is COc1ccc(C(=O)N2CCN(c3cc4c(nn3)CCC4)CC2)c(OC)c1OC. The van der Waals surface area contributed by atoms with Gasteiger partial charge in [-0.25, -0.2) is 0 Å². The Labute approximate surface area is 170 Å². The molecule has 154 valence electrons. The average Bonchev–Trinajstić information content (AvgIpc) is 3.25. The summed E-state index contributed by atoms with van der Waals surface area (Å²) >= 11 is 0. The van der Waals surface area contributed by atoms with Crippen LogP contribution in [-0.4, -0.2) is 68.5 Å². The first-order valence-corrected chi connectivity index (χ1v) is 9.85. The van der Waals surface area contributed by atoms with Gasteiger partial charge in [0.1, 0.15) is 0 Å². The number of nitrogens with zero attached hydrogens (tertiary/aromatic N) is 4. The first-order valence-electron chi connectivity index (χ1n) is 9.85. The highest BCUT2D eigenvalue weighted by molar-refractivity contribution is 5.98. The third-order valence-corrected chi connectivity index (χ3v) is 5.63. The van der Waals surface area contributed by atoms with Crippen molar-refractivity contribution in [3.05, 3.63) is 35.0 Å². The van der Waals surface area contributed by atoms with Crippen LogP contribution in [0.3, 0.4) is 0 Å². The maximum absolute atomic E-state index is 13.1. The van der Waals surface area contributed by atoms with Crippen molar-refractivity contribution in [3.8, 4) is 17.2 Å². The van der Waals surface area contributed by atoms with Crippen molar-refractivity contribution in [1.29, 1.82) is 0 Å². The third kappa shape index (κ3) is 3.54. The summed E-state index contributed by atoms with van der Waals surface area (Å²) in [5, 5.41) is 8.77. The van der Waals surface area contributed by atoms with Gasteiger partial charge in [0.25, 0.3) is 5.91 Å². The van der Waals surface area contributed by atoms with Crippen LogP contribution in [-0.2, 0) is 12.8 Å². The minimum atomic E-state index is -0.0810. The molecule has 0 radical (unpaired) electrons. The molecule has 1 aromatic carbocycles. The molecule has 2 aromatic rings. The Kier molecular flexibility index (Phi) is 5.42. The summed E-state index contributed by atoms with van der Waals surface area (Å²) in [7, 11) is 4.61. The van der Waals surface area contributed by atoms with Gasteiger partial charge in [0, 0.05) is 26.2 Å². The lowest BCUT2D eigenvalue weighted by Crippen LogP contribution is -2.49. The topological polar surface area (TPSA) is 77.0 Å². The Bertz CT molecular complexity index is 910. The molecule has 1 amide bonds. The highest BCUT2D eigenvalue weighted by atomic mass is 16.5. The standard InChI is InChI=1S/C21H26N4O4/c1-27-17-8-7-15(19(28-2)20(17)29-3)21(26)25-11-9-24(10-12-25)18-13-14-5-4-6-16(14)22-23-18/h7-8,13H,4-6,9-12H2,1-3H3. The van der Waals surface area contributed by atoms with Crippen LogP contribution < -0.4 is 19.1 Å². The van der Waals surface area contributed by atoms with Gasteiger partial charge in [-0.3, -0.25) is 4.79 Å². The summed E-state index contributed by atoms with van der Waals surface area (Å²) in [6.07, 6.45) is 3.26. The molecular weight excluding hydrogens is 372 g/mol. The van der Waals surface area contributed by atoms with Gasteiger partial charge in [0.05, 0.1) is 32.6 Å². The molecule has 0 bridgehead atoms. The Morgan fingerprint density at radius 2 is 1.69 bits per heavy atom. The van der Waals surface area contributed by atoms with Gasteiger partial charge in [-0.05, 0) is 43.0 Å². The van der Waals surface area contributed by atoms with Gasteiger partial charge < -0.3 is 24.0 Å². The maximum atomic E-state index is 13.1. The highest BCUT2D eigenvalue weighted by Gasteiger charge is 2.28. The molecule has 1 aliphatic heterocycles. The van der Waals surface area contributed by atoms with Crippen molar-refractivity contribution >= 4 is 11.7 Å². The van der Waals surface area contributed by atoms with Crippen LogP contribution in [0.4, 0.5) is 5.82 Å². The number of carbonyl (C=O) groups excluding carboxylic acids is 1. The quantitative estimate of drug-likeness (QED) is 0.762. The Balaban J connectivity index is 1.48. The smallest absolute Gasteiger partial charge is 0.257 e. The van der Waals surface area contributed by atoms with Crippen LogP contribution in [0.1, 0.15) is 28.0 Å². The van der Waals surface area contributed by atoms with Gasteiger partial charge in [-0.15, -0.1) is 5.10 Å². The van der Waals surface area contributed by atoms with Crippen LogP contribution in [0.25, 0.3) is 0 Å². The van der Waals surface area contributed by atoms with Crippen LogP contribution in [0, 0.1) is 0 Å². The normalized spacial score (nSPS) is 15.8. The molecule has 1 aromatic heterocycles. The molecule has 29 heavy (non-hydrogen) atoms. The lowest BCUT2D eigenvalue weighted by atomic mass is 10.1. The number of piperazine rings is 1. The second-order valence-electron chi connectivity index (χ2n) is 7.19. The predicted octanol–water partition coefficient (Wildman–Crippen LogP) is 1.95. The third-order valence-electron chi connectivity index (χ3n) is 5.63. The van der Waals surface area contributed by atoms with Crippen LogP contribution in [0.2, 0.25) is 0 Å². The summed E-state index contributed by atoms with van der Waals surface area (Å²) in [5.74, 6) is 2.17. The van der Waals surface area contributed by atoms with E-state index in [0.717, 1.165) is 43.9 Å². The Morgan fingerprint density at radius 3 is 2.38 bits per heavy atom. The zero-order chi connectivity index (χ0) is 20.4. The molecule has 0 atom stereocenters. The zero-order valence-corrected chi connectivity index (χ0v) is 17.1. The number of methoxy groups -OCH3 is 3. The molecule has 0 spiro atoms. The summed E-state index contributed by atoms with van der Waals surface area (Å²) < 4.78 is 16.2. The van der Waals surface area contributed by atoms with Gasteiger partial charge in [0.15, 0.2) is 17.3 Å². The molecule has 0 unspecified atom stereocenters. The second-order valence-corrected chi connectivity index (χ2v) is 7.19. The van der Waals surface area contributed by atoms with E-state index in [1.54, 1.807) is 19.2 Å². The van der Waals surface area contributed by atoms with E-state index >= 15 is 0 Å². The summed E-state index contributed by atoms with van der Waals surface area (Å²) in [6, 6.07) is 5.61. The monoisotopic (exact) mass is 398 g/mol. The number of carbonyl (C=O) groups is 1. The number of benzene rings is 1. The molecule has 0 saturated carbocycles. The molecule has 1 saturated heterocycles. The van der Waals surface area contributed by atoms with Gasteiger partial charge >= 0.3 is 0 Å². The number of aryl methyl sites for hydroxylation is 2. The fraction of sp³-hybridized carbons (Fsp3) is 0.476. The number of rotatable bonds is 5. The molecule has 2 aliphatic rings. The number of anilines is 1. The number of aromatic nitrogens is 2. The van der Waals surface area contributed by atoms with E-state index in [1.807, 2.05) is 4.90 Å². The van der Waals surface area contributed by atoms with Crippen molar-refractivity contribution in [3.63, 3.8) is 0 Å². The molecule has 8 nitrogen and oxygen atoms in total. The van der Waals surface area contributed by atoms with E-state index < -0.39 is 0 Å². The van der Waals surface area contributed by atoms with E-state index in [2.05, 4.69) is 21.2 Å².